The summed E-state index contributed by atoms with van der Waals surface area (Å²) in [7, 11) is 1.31. The number of carbonyl (C=O) groups is 1. The molecule has 0 saturated carbocycles. The molecule has 0 unspecified atom stereocenters. The second kappa shape index (κ2) is 4.73. The van der Waals surface area contributed by atoms with Crippen LogP contribution in [0.3, 0.4) is 0 Å². The van der Waals surface area contributed by atoms with Crippen molar-refractivity contribution in [2.45, 2.75) is 6.54 Å². The van der Waals surface area contributed by atoms with Crippen molar-refractivity contribution in [2.24, 2.45) is 0 Å². The summed E-state index contributed by atoms with van der Waals surface area (Å²) in [5.41, 5.74) is 1.17. The predicted octanol–water partition coefficient (Wildman–Crippen LogP) is 1.25. The van der Waals surface area contributed by atoms with Crippen LogP contribution in [0.25, 0.3) is 0 Å². The first-order valence-electron chi connectivity index (χ1n) is 4.90. The first kappa shape index (κ1) is 11.3. The van der Waals surface area contributed by atoms with E-state index >= 15 is 0 Å². The Morgan fingerprint density at radius 1 is 1.47 bits per heavy atom. The van der Waals surface area contributed by atoms with E-state index in [-0.39, 0.29) is 0 Å². The van der Waals surface area contributed by atoms with Crippen LogP contribution in [0.4, 0.5) is 4.39 Å². The fourth-order valence-corrected chi connectivity index (χ4v) is 1.36. The van der Waals surface area contributed by atoms with Gasteiger partial charge in [-0.25, -0.2) is 9.78 Å². The molecule has 2 aromatic rings. The molecule has 6 heteroatoms. The number of hydrogen-bond donors (Lipinski definition) is 0. The SMILES string of the molecule is COC(=O)c1cnn(Cc2ccc(F)nc2)c1. The number of pyridine rings is 1. The third kappa shape index (κ3) is 2.66. The van der Waals surface area contributed by atoms with Crippen LogP contribution >= 0.6 is 0 Å². The van der Waals surface area contributed by atoms with Crippen LogP contribution in [0.1, 0.15) is 15.9 Å². The molecule has 88 valence electrons. The van der Waals surface area contributed by atoms with Gasteiger partial charge in [-0.05, 0) is 11.6 Å². The van der Waals surface area contributed by atoms with Gasteiger partial charge in [-0.3, -0.25) is 4.68 Å². The van der Waals surface area contributed by atoms with E-state index in [1.165, 1.54) is 25.6 Å². The number of hydrogen-bond acceptors (Lipinski definition) is 4. The fraction of sp³-hybridized carbons (Fsp3) is 0.182. The number of aromatic nitrogens is 3. The molecule has 0 aromatic carbocycles. The van der Waals surface area contributed by atoms with Gasteiger partial charge >= 0.3 is 5.97 Å². The zero-order chi connectivity index (χ0) is 12.3. The zero-order valence-corrected chi connectivity index (χ0v) is 9.13. The summed E-state index contributed by atoms with van der Waals surface area (Å²) >= 11 is 0. The number of ether oxygens (including phenoxy) is 1. The maximum absolute atomic E-state index is 12.6. The summed E-state index contributed by atoms with van der Waals surface area (Å²) in [6, 6.07) is 2.89. The second-order valence-electron chi connectivity index (χ2n) is 3.41. The largest absolute Gasteiger partial charge is 0.465 e. The van der Waals surface area contributed by atoms with Gasteiger partial charge in [0, 0.05) is 12.4 Å². The number of methoxy groups -OCH3 is 1. The normalized spacial score (nSPS) is 10.2. The molecule has 0 saturated heterocycles. The van der Waals surface area contributed by atoms with Crippen molar-refractivity contribution < 1.29 is 13.9 Å². The lowest BCUT2D eigenvalue weighted by Gasteiger charge is -2.00. The van der Waals surface area contributed by atoms with E-state index in [9.17, 15) is 9.18 Å². The zero-order valence-electron chi connectivity index (χ0n) is 9.13. The average Bonchev–Trinajstić information content (AvgIpc) is 2.80. The lowest BCUT2D eigenvalue weighted by atomic mass is 10.3. The molecule has 5 nitrogen and oxygen atoms in total. The quantitative estimate of drug-likeness (QED) is 0.593. The van der Waals surface area contributed by atoms with Gasteiger partial charge in [-0.1, -0.05) is 6.07 Å². The second-order valence-corrected chi connectivity index (χ2v) is 3.41. The van der Waals surface area contributed by atoms with Crippen molar-refractivity contribution in [3.63, 3.8) is 0 Å². The highest BCUT2D eigenvalue weighted by Gasteiger charge is 2.08. The fourth-order valence-electron chi connectivity index (χ4n) is 1.36. The van der Waals surface area contributed by atoms with Crippen molar-refractivity contribution >= 4 is 5.97 Å². The molecule has 0 radical (unpaired) electrons. The lowest BCUT2D eigenvalue weighted by Crippen LogP contribution is -2.02. The molecule has 0 aliphatic heterocycles. The van der Waals surface area contributed by atoms with Crippen LogP contribution in [0, 0.1) is 5.95 Å². The van der Waals surface area contributed by atoms with Crippen LogP contribution in [0.2, 0.25) is 0 Å². The van der Waals surface area contributed by atoms with E-state index in [2.05, 4.69) is 14.8 Å². The van der Waals surface area contributed by atoms with E-state index in [0.29, 0.717) is 12.1 Å². The molecular formula is C11H10FN3O2. The summed E-state index contributed by atoms with van der Waals surface area (Å²) in [6.45, 7) is 0.421. The third-order valence-electron chi connectivity index (χ3n) is 2.19. The van der Waals surface area contributed by atoms with Crippen molar-refractivity contribution in [3.05, 3.63) is 47.8 Å². The highest BCUT2D eigenvalue weighted by molar-refractivity contribution is 5.88. The van der Waals surface area contributed by atoms with Gasteiger partial charge in [0.15, 0.2) is 0 Å². The van der Waals surface area contributed by atoms with E-state index in [1.54, 1.807) is 16.9 Å². The molecule has 0 aliphatic carbocycles. The van der Waals surface area contributed by atoms with Gasteiger partial charge in [0.05, 0.1) is 25.4 Å². The average molecular weight is 235 g/mol. The Kier molecular flexibility index (Phi) is 3.13. The maximum Gasteiger partial charge on any atom is 0.341 e. The number of halogens is 1. The summed E-state index contributed by atoms with van der Waals surface area (Å²) in [4.78, 5) is 14.7. The predicted molar refractivity (Wildman–Crippen MR) is 56.9 cm³/mol. The maximum atomic E-state index is 12.6. The molecule has 0 bridgehead atoms. The Labute approximate surface area is 96.9 Å². The van der Waals surface area contributed by atoms with Gasteiger partial charge in [-0.15, -0.1) is 0 Å². The van der Waals surface area contributed by atoms with Crippen molar-refractivity contribution in [3.8, 4) is 0 Å². The minimum atomic E-state index is -0.524. The number of nitrogens with zero attached hydrogens (tertiary/aromatic N) is 3. The lowest BCUT2D eigenvalue weighted by molar-refractivity contribution is 0.0600. The smallest absolute Gasteiger partial charge is 0.341 e. The van der Waals surface area contributed by atoms with E-state index in [0.717, 1.165) is 5.56 Å². The first-order valence-corrected chi connectivity index (χ1v) is 4.90. The van der Waals surface area contributed by atoms with Crippen LogP contribution in [0.5, 0.6) is 0 Å². The van der Waals surface area contributed by atoms with Gasteiger partial charge in [0.1, 0.15) is 0 Å². The van der Waals surface area contributed by atoms with Crippen molar-refractivity contribution in [2.75, 3.05) is 7.11 Å². The number of esters is 1. The van der Waals surface area contributed by atoms with E-state index < -0.39 is 11.9 Å². The van der Waals surface area contributed by atoms with Gasteiger partial charge in [0.25, 0.3) is 0 Å². The van der Waals surface area contributed by atoms with E-state index in [4.69, 9.17) is 0 Å². The molecule has 0 N–H and O–H groups in total. The summed E-state index contributed by atoms with van der Waals surface area (Å²) in [6.07, 6.45) is 4.41. The number of rotatable bonds is 3. The topological polar surface area (TPSA) is 57.0 Å². The number of carbonyl (C=O) groups excluding carboxylic acids is 1. The van der Waals surface area contributed by atoms with E-state index in [1.807, 2.05) is 0 Å². The van der Waals surface area contributed by atoms with Crippen LogP contribution in [-0.4, -0.2) is 27.8 Å². The minimum Gasteiger partial charge on any atom is -0.465 e. The van der Waals surface area contributed by atoms with Crippen LogP contribution in [0.15, 0.2) is 30.7 Å². The summed E-state index contributed by atoms with van der Waals surface area (Å²) < 4.78 is 18.7. The Morgan fingerprint density at radius 2 is 2.29 bits per heavy atom. The van der Waals surface area contributed by atoms with Crippen LogP contribution < -0.4 is 0 Å². The molecule has 2 rings (SSSR count). The molecule has 0 amide bonds. The van der Waals surface area contributed by atoms with Crippen molar-refractivity contribution in [1.29, 1.82) is 0 Å². The Bertz CT molecular complexity index is 522. The molecular weight excluding hydrogens is 225 g/mol. The monoisotopic (exact) mass is 235 g/mol. The molecule has 0 fully saturated rings. The Hall–Kier alpha value is -2.24. The third-order valence-corrected chi connectivity index (χ3v) is 2.19. The highest BCUT2D eigenvalue weighted by Crippen LogP contribution is 2.04. The Morgan fingerprint density at radius 3 is 2.94 bits per heavy atom. The van der Waals surface area contributed by atoms with Gasteiger partial charge < -0.3 is 4.74 Å². The molecule has 2 heterocycles. The van der Waals surface area contributed by atoms with Crippen LogP contribution in [-0.2, 0) is 11.3 Å². The molecule has 0 spiro atoms. The van der Waals surface area contributed by atoms with Crippen molar-refractivity contribution in [1.82, 2.24) is 14.8 Å². The van der Waals surface area contributed by atoms with Gasteiger partial charge in [0.2, 0.25) is 5.95 Å². The molecule has 0 aliphatic rings. The Balaban J connectivity index is 2.11. The summed E-state index contributed by atoms with van der Waals surface area (Å²) in [5, 5.41) is 4.00. The van der Waals surface area contributed by atoms with Gasteiger partial charge in [-0.2, -0.15) is 9.49 Å². The summed E-state index contributed by atoms with van der Waals surface area (Å²) in [5.74, 6) is -0.960. The standard InChI is InChI=1S/C11H10FN3O2/c1-17-11(16)9-5-14-15(7-9)6-8-2-3-10(12)13-4-8/h2-5,7H,6H2,1H3. The molecule has 0 atom stereocenters. The first-order chi connectivity index (χ1) is 8.19. The molecule has 2 aromatic heterocycles. The molecule has 17 heavy (non-hydrogen) atoms. The highest BCUT2D eigenvalue weighted by atomic mass is 19.1. The minimum absolute atomic E-state index is 0.377.